The number of sulfone groups is 1. The summed E-state index contributed by atoms with van der Waals surface area (Å²) in [5.41, 5.74) is -0.998. The van der Waals surface area contributed by atoms with Crippen molar-refractivity contribution in [1.29, 1.82) is 5.26 Å². The van der Waals surface area contributed by atoms with E-state index in [0.717, 1.165) is 25.0 Å². The molecule has 1 saturated carbocycles. The first-order chi connectivity index (χ1) is 9.97. The summed E-state index contributed by atoms with van der Waals surface area (Å²) in [7, 11) is -3.31. The number of rotatable bonds is 3. The SMILES string of the molecule is CCS(=O)(=O)C1CSCCN1C(=O)C1(C#N)CCCCC1. The Labute approximate surface area is 131 Å². The molecule has 1 aliphatic carbocycles. The summed E-state index contributed by atoms with van der Waals surface area (Å²) in [6, 6.07) is 2.21. The average molecular weight is 330 g/mol. The Morgan fingerprint density at radius 3 is 2.62 bits per heavy atom. The molecule has 2 rings (SSSR count). The van der Waals surface area contributed by atoms with Gasteiger partial charge in [0.1, 0.15) is 10.8 Å². The van der Waals surface area contributed by atoms with Gasteiger partial charge in [-0.2, -0.15) is 17.0 Å². The Kier molecular flexibility index (Phi) is 5.20. The van der Waals surface area contributed by atoms with Crippen LogP contribution in [0.25, 0.3) is 0 Å². The third-order valence-corrected chi connectivity index (χ3v) is 7.78. The van der Waals surface area contributed by atoms with Gasteiger partial charge in [0.25, 0.3) is 0 Å². The van der Waals surface area contributed by atoms with Crippen molar-refractivity contribution in [2.24, 2.45) is 5.41 Å². The molecule has 0 aromatic rings. The Hall–Kier alpha value is -0.740. The van der Waals surface area contributed by atoms with E-state index in [9.17, 15) is 18.5 Å². The lowest BCUT2D eigenvalue weighted by molar-refractivity contribution is -0.141. The molecule has 7 heteroatoms. The summed E-state index contributed by atoms with van der Waals surface area (Å²) in [5.74, 6) is 0.931. The molecule has 118 valence electrons. The van der Waals surface area contributed by atoms with Crippen LogP contribution in [0, 0.1) is 16.7 Å². The Bertz CT molecular complexity index is 533. The minimum Gasteiger partial charge on any atom is -0.323 e. The van der Waals surface area contributed by atoms with E-state index in [2.05, 4.69) is 6.07 Å². The van der Waals surface area contributed by atoms with E-state index < -0.39 is 20.6 Å². The van der Waals surface area contributed by atoms with Crippen molar-refractivity contribution in [3.8, 4) is 6.07 Å². The summed E-state index contributed by atoms with van der Waals surface area (Å²) in [6.45, 7) is 2.04. The predicted molar refractivity (Wildman–Crippen MR) is 83.4 cm³/mol. The van der Waals surface area contributed by atoms with Crippen molar-refractivity contribution in [1.82, 2.24) is 4.90 Å². The van der Waals surface area contributed by atoms with Crippen LogP contribution < -0.4 is 0 Å². The molecule has 1 atom stereocenters. The second kappa shape index (κ2) is 6.57. The standard InChI is InChI=1S/C14H22N2O3S2/c1-2-21(18,19)12-10-20-9-8-16(12)13(17)14(11-15)6-4-3-5-7-14/h12H,2-10H2,1H3. The zero-order chi connectivity index (χ0) is 15.5. The maximum atomic E-state index is 12.9. The number of carbonyl (C=O) groups is 1. The molecule has 5 nitrogen and oxygen atoms in total. The number of amides is 1. The fourth-order valence-electron chi connectivity index (χ4n) is 3.11. The smallest absolute Gasteiger partial charge is 0.244 e. The molecule has 0 spiro atoms. The first-order valence-electron chi connectivity index (χ1n) is 7.48. The molecule has 0 aromatic carbocycles. The van der Waals surface area contributed by atoms with Crippen molar-refractivity contribution >= 4 is 27.5 Å². The number of thioether (sulfide) groups is 1. The highest BCUT2D eigenvalue weighted by molar-refractivity contribution is 8.01. The van der Waals surface area contributed by atoms with Crippen molar-refractivity contribution in [2.75, 3.05) is 23.8 Å². The molecular formula is C14H22N2O3S2. The van der Waals surface area contributed by atoms with Gasteiger partial charge in [-0.05, 0) is 12.8 Å². The lowest BCUT2D eigenvalue weighted by atomic mass is 9.74. The van der Waals surface area contributed by atoms with Gasteiger partial charge in [0.15, 0.2) is 9.84 Å². The van der Waals surface area contributed by atoms with Gasteiger partial charge in [0, 0.05) is 23.8 Å². The lowest BCUT2D eigenvalue weighted by Gasteiger charge is -2.40. The van der Waals surface area contributed by atoms with Crippen LogP contribution in [0.1, 0.15) is 39.0 Å². The van der Waals surface area contributed by atoms with Gasteiger partial charge < -0.3 is 4.90 Å². The lowest BCUT2D eigenvalue weighted by Crippen LogP contribution is -2.55. The molecule has 2 fully saturated rings. The monoisotopic (exact) mass is 330 g/mol. The van der Waals surface area contributed by atoms with Crippen LogP contribution in [0.15, 0.2) is 0 Å². The van der Waals surface area contributed by atoms with Crippen LogP contribution in [0.4, 0.5) is 0 Å². The van der Waals surface area contributed by atoms with Crippen LogP contribution >= 0.6 is 11.8 Å². The summed E-state index contributed by atoms with van der Waals surface area (Å²) in [4.78, 5) is 14.4. The Morgan fingerprint density at radius 2 is 2.05 bits per heavy atom. The molecule has 1 heterocycles. The zero-order valence-corrected chi connectivity index (χ0v) is 14.0. The topological polar surface area (TPSA) is 78.2 Å². The highest BCUT2D eigenvalue weighted by Crippen LogP contribution is 2.39. The van der Waals surface area contributed by atoms with Crippen LogP contribution in [0.5, 0.6) is 0 Å². The average Bonchev–Trinajstić information content (AvgIpc) is 2.54. The third kappa shape index (κ3) is 3.21. The van der Waals surface area contributed by atoms with Gasteiger partial charge in [0.05, 0.1) is 6.07 Å². The van der Waals surface area contributed by atoms with E-state index in [4.69, 9.17) is 0 Å². The van der Waals surface area contributed by atoms with Gasteiger partial charge >= 0.3 is 0 Å². The molecule has 0 radical (unpaired) electrons. The largest absolute Gasteiger partial charge is 0.323 e. The van der Waals surface area contributed by atoms with Gasteiger partial charge in [-0.3, -0.25) is 4.79 Å². The number of hydrogen-bond donors (Lipinski definition) is 0. The molecular weight excluding hydrogens is 308 g/mol. The molecule has 1 amide bonds. The predicted octanol–water partition coefficient (Wildman–Crippen LogP) is 1.80. The third-order valence-electron chi connectivity index (χ3n) is 4.49. The first-order valence-corrected chi connectivity index (χ1v) is 10.4. The molecule has 0 aromatic heterocycles. The van der Waals surface area contributed by atoms with E-state index in [0.29, 0.717) is 25.1 Å². The van der Waals surface area contributed by atoms with Crippen molar-refractivity contribution in [2.45, 2.75) is 44.4 Å². The molecule has 0 N–H and O–H groups in total. The molecule has 1 saturated heterocycles. The van der Waals surface area contributed by atoms with Crippen LogP contribution in [0.2, 0.25) is 0 Å². The number of carbonyl (C=O) groups excluding carboxylic acids is 1. The minimum atomic E-state index is -3.31. The van der Waals surface area contributed by atoms with E-state index >= 15 is 0 Å². The zero-order valence-electron chi connectivity index (χ0n) is 12.4. The second-order valence-corrected chi connectivity index (χ2v) is 9.33. The van der Waals surface area contributed by atoms with Crippen LogP contribution in [-0.4, -0.2) is 48.4 Å². The molecule has 0 bridgehead atoms. The number of nitriles is 1. The van der Waals surface area contributed by atoms with Crippen molar-refractivity contribution < 1.29 is 13.2 Å². The highest BCUT2D eigenvalue weighted by atomic mass is 32.2. The number of nitrogens with zero attached hydrogens (tertiary/aromatic N) is 2. The Morgan fingerprint density at radius 1 is 1.38 bits per heavy atom. The molecule has 1 unspecified atom stereocenters. The van der Waals surface area contributed by atoms with Gasteiger partial charge in [-0.15, -0.1) is 0 Å². The summed E-state index contributed by atoms with van der Waals surface area (Å²) in [6.07, 6.45) is 3.90. The van der Waals surface area contributed by atoms with E-state index in [-0.39, 0.29) is 11.7 Å². The van der Waals surface area contributed by atoms with E-state index in [1.807, 2.05) is 0 Å². The van der Waals surface area contributed by atoms with Crippen LogP contribution in [0.3, 0.4) is 0 Å². The molecule has 2 aliphatic rings. The van der Waals surface area contributed by atoms with E-state index in [1.54, 1.807) is 18.7 Å². The summed E-state index contributed by atoms with van der Waals surface area (Å²) in [5, 5.41) is 8.77. The normalized spacial score (nSPS) is 26.1. The maximum absolute atomic E-state index is 12.9. The second-order valence-electron chi connectivity index (χ2n) is 5.73. The minimum absolute atomic E-state index is 0.0293. The van der Waals surface area contributed by atoms with Crippen molar-refractivity contribution in [3.05, 3.63) is 0 Å². The highest BCUT2D eigenvalue weighted by Gasteiger charge is 2.47. The summed E-state index contributed by atoms with van der Waals surface area (Å²) < 4.78 is 24.5. The molecule has 1 aliphatic heterocycles. The first kappa shape index (κ1) is 16.6. The molecule has 21 heavy (non-hydrogen) atoms. The van der Waals surface area contributed by atoms with Crippen molar-refractivity contribution in [3.63, 3.8) is 0 Å². The van der Waals surface area contributed by atoms with Gasteiger partial charge in [-0.1, -0.05) is 26.2 Å². The quantitative estimate of drug-likeness (QED) is 0.788. The fraction of sp³-hybridized carbons (Fsp3) is 0.857. The van der Waals surface area contributed by atoms with E-state index in [1.165, 1.54) is 4.90 Å². The van der Waals surface area contributed by atoms with Gasteiger partial charge in [-0.25, -0.2) is 8.42 Å². The van der Waals surface area contributed by atoms with Crippen LogP contribution in [-0.2, 0) is 14.6 Å². The number of hydrogen-bond acceptors (Lipinski definition) is 5. The Balaban J connectivity index is 2.28. The fourth-order valence-corrected chi connectivity index (χ4v) is 6.07. The maximum Gasteiger partial charge on any atom is 0.244 e. The van der Waals surface area contributed by atoms with Gasteiger partial charge in [0.2, 0.25) is 5.91 Å². The summed E-state index contributed by atoms with van der Waals surface area (Å²) >= 11 is 1.56.